The van der Waals surface area contributed by atoms with Crippen molar-refractivity contribution >= 4 is 17.2 Å². The van der Waals surface area contributed by atoms with E-state index in [0.29, 0.717) is 6.61 Å². The van der Waals surface area contributed by atoms with E-state index in [0.717, 1.165) is 6.42 Å². The molecule has 0 bridgehead atoms. The predicted octanol–water partition coefficient (Wildman–Crippen LogP) is 2.63. The van der Waals surface area contributed by atoms with E-state index >= 15 is 0 Å². The molecule has 1 amide bonds. The van der Waals surface area contributed by atoms with Gasteiger partial charge >= 0.3 is 0 Å². The minimum Gasteiger partial charge on any atom is -0.383 e. The molecule has 5 heteroatoms. The number of methoxy groups -OCH3 is 1. The van der Waals surface area contributed by atoms with E-state index in [1.807, 2.05) is 4.90 Å². The van der Waals surface area contributed by atoms with Crippen LogP contribution in [0.15, 0.2) is 16.8 Å². The number of amides is 1. The van der Waals surface area contributed by atoms with Gasteiger partial charge in [0.15, 0.2) is 0 Å². The number of nitrogens with zero attached hydrogens (tertiary/aromatic N) is 1. The summed E-state index contributed by atoms with van der Waals surface area (Å²) in [6, 6.07) is 2.10. The summed E-state index contributed by atoms with van der Waals surface area (Å²) in [4.78, 5) is 14.7. The minimum atomic E-state index is -0.106. The van der Waals surface area contributed by atoms with Crippen molar-refractivity contribution in [3.8, 4) is 0 Å². The summed E-state index contributed by atoms with van der Waals surface area (Å²) in [6.07, 6.45) is 0.869. The maximum absolute atomic E-state index is 12.7. The molecule has 1 aromatic heterocycles. The van der Waals surface area contributed by atoms with Gasteiger partial charge in [-0.25, -0.2) is 0 Å². The van der Waals surface area contributed by atoms with Gasteiger partial charge in [0.05, 0.1) is 18.7 Å². The third kappa shape index (κ3) is 2.90. The number of carbonyl (C=O) groups excluding carboxylic acids is 1. The predicted molar refractivity (Wildman–Crippen MR) is 81.6 cm³/mol. The van der Waals surface area contributed by atoms with Crippen LogP contribution in [0.1, 0.15) is 38.9 Å². The van der Waals surface area contributed by atoms with E-state index in [2.05, 4.69) is 42.9 Å². The first kappa shape index (κ1) is 15.5. The molecule has 2 rings (SSSR count). The largest absolute Gasteiger partial charge is 0.383 e. The lowest BCUT2D eigenvalue weighted by Gasteiger charge is -2.31. The van der Waals surface area contributed by atoms with E-state index in [1.54, 1.807) is 18.4 Å². The van der Waals surface area contributed by atoms with Gasteiger partial charge in [0.25, 0.3) is 0 Å². The van der Waals surface area contributed by atoms with Gasteiger partial charge in [-0.2, -0.15) is 11.3 Å². The van der Waals surface area contributed by atoms with Crippen molar-refractivity contribution in [3.63, 3.8) is 0 Å². The van der Waals surface area contributed by atoms with Crippen LogP contribution >= 0.6 is 11.3 Å². The molecular formula is C15H24N2O2S. The maximum Gasteiger partial charge on any atom is 0.241 e. The summed E-state index contributed by atoms with van der Waals surface area (Å²) >= 11 is 1.66. The molecule has 4 nitrogen and oxygen atoms in total. The number of hydrogen-bond donors (Lipinski definition) is 1. The van der Waals surface area contributed by atoms with Crippen molar-refractivity contribution in [2.24, 2.45) is 5.92 Å². The van der Waals surface area contributed by atoms with Gasteiger partial charge in [0, 0.05) is 7.11 Å². The van der Waals surface area contributed by atoms with Crippen LogP contribution in [0.4, 0.5) is 0 Å². The molecule has 0 saturated carbocycles. The maximum atomic E-state index is 12.7. The quantitative estimate of drug-likeness (QED) is 0.877. The highest BCUT2D eigenvalue weighted by Crippen LogP contribution is 2.32. The number of rotatable bonds is 6. The van der Waals surface area contributed by atoms with Crippen LogP contribution in [0.5, 0.6) is 0 Å². The molecule has 1 aliphatic rings. The zero-order chi connectivity index (χ0) is 14.7. The second-order valence-electron chi connectivity index (χ2n) is 5.61. The topological polar surface area (TPSA) is 41.6 Å². The second kappa shape index (κ2) is 6.70. The van der Waals surface area contributed by atoms with Crippen LogP contribution in [0.25, 0.3) is 0 Å². The molecule has 1 aromatic rings. The fourth-order valence-corrected chi connectivity index (χ4v) is 3.43. The molecule has 1 saturated heterocycles. The molecular weight excluding hydrogens is 272 g/mol. The summed E-state index contributed by atoms with van der Waals surface area (Å²) in [7, 11) is 1.69. The van der Waals surface area contributed by atoms with Gasteiger partial charge in [-0.3, -0.25) is 10.1 Å². The molecule has 1 fully saturated rings. The number of ether oxygens (including phenoxy) is 1. The van der Waals surface area contributed by atoms with E-state index < -0.39 is 0 Å². The average molecular weight is 296 g/mol. The first-order valence-electron chi connectivity index (χ1n) is 7.19. The van der Waals surface area contributed by atoms with Crippen LogP contribution in [0.3, 0.4) is 0 Å². The summed E-state index contributed by atoms with van der Waals surface area (Å²) in [5.74, 6) is 0.480. The molecule has 0 aliphatic carbocycles. The Morgan fingerprint density at radius 3 is 2.75 bits per heavy atom. The zero-order valence-electron chi connectivity index (χ0n) is 12.6. The van der Waals surface area contributed by atoms with Crippen molar-refractivity contribution in [1.29, 1.82) is 0 Å². The highest BCUT2D eigenvalue weighted by molar-refractivity contribution is 7.07. The lowest BCUT2D eigenvalue weighted by atomic mass is 10.0. The Morgan fingerprint density at radius 2 is 2.25 bits per heavy atom. The van der Waals surface area contributed by atoms with Crippen molar-refractivity contribution in [2.75, 3.05) is 13.7 Å². The normalized spacial score (nSPS) is 24.6. The van der Waals surface area contributed by atoms with Gasteiger partial charge in [-0.1, -0.05) is 20.8 Å². The molecule has 0 radical (unpaired) electrons. The third-order valence-corrected chi connectivity index (χ3v) is 4.59. The van der Waals surface area contributed by atoms with Crippen molar-refractivity contribution in [1.82, 2.24) is 10.2 Å². The van der Waals surface area contributed by atoms with Crippen molar-refractivity contribution < 1.29 is 9.53 Å². The van der Waals surface area contributed by atoms with Crippen LogP contribution in [0, 0.1) is 5.92 Å². The first-order valence-corrected chi connectivity index (χ1v) is 8.13. The molecule has 112 valence electrons. The smallest absolute Gasteiger partial charge is 0.241 e. The Balaban J connectivity index is 2.29. The lowest BCUT2D eigenvalue weighted by molar-refractivity contribution is -0.134. The van der Waals surface area contributed by atoms with E-state index in [1.165, 1.54) is 5.56 Å². The Kier molecular flexibility index (Phi) is 5.18. The number of thiophene rings is 1. The van der Waals surface area contributed by atoms with Gasteiger partial charge < -0.3 is 9.64 Å². The Labute approximate surface area is 125 Å². The number of nitrogens with one attached hydrogen (secondary N) is 1. The molecule has 2 heterocycles. The third-order valence-electron chi connectivity index (χ3n) is 3.89. The van der Waals surface area contributed by atoms with Gasteiger partial charge in [0.1, 0.15) is 6.17 Å². The van der Waals surface area contributed by atoms with Crippen molar-refractivity contribution in [3.05, 3.63) is 22.4 Å². The first-order chi connectivity index (χ1) is 9.60. The highest BCUT2D eigenvalue weighted by Gasteiger charge is 2.43. The van der Waals surface area contributed by atoms with Gasteiger partial charge in [0.2, 0.25) is 5.91 Å². The lowest BCUT2D eigenvalue weighted by Crippen LogP contribution is -2.42. The molecule has 0 spiro atoms. The number of carbonyl (C=O) groups is 1. The summed E-state index contributed by atoms with van der Waals surface area (Å²) in [6.45, 7) is 6.85. The highest BCUT2D eigenvalue weighted by atomic mass is 32.1. The summed E-state index contributed by atoms with van der Waals surface area (Å²) in [5, 5.41) is 7.66. The minimum absolute atomic E-state index is 0.0266. The van der Waals surface area contributed by atoms with E-state index in [4.69, 9.17) is 4.74 Å². The van der Waals surface area contributed by atoms with E-state index in [-0.39, 0.29) is 30.1 Å². The standard InChI is InChI=1S/C15H24N2O2S/c1-5-12(8-19-4)17-14(11-6-7-20-9-11)16-13(10(2)3)15(17)18/h6-7,9-10,12-14,16H,5,8H2,1-4H3. The zero-order valence-corrected chi connectivity index (χ0v) is 13.4. The Bertz CT molecular complexity index is 433. The second-order valence-corrected chi connectivity index (χ2v) is 6.39. The Hall–Kier alpha value is -0.910. The molecule has 0 aromatic carbocycles. The van der Waals surface area contributed by atoms with Crippen LogP contribution in [-0.4, -0.2) is 36.6 Å². The average Bonchev–Trinajstić information content (AvgIpc) is 3.03. The van der Waals surface area contributed by atoms with Gasteiger partial charge in [-0.05, 0) is 34.7 Å². The fraction of sp³-hybridized carbons (Fsp3) is 0.667. The van der Waals surface area contributed by atoms with Crippen LogP contribution in [-0.2, 0) is 9.53 Å². The van der Waals surface area contributed by atoms with Crippen molar-refractivity contribution in [2.45, 2.75) is 45.4 Å². The number of hydrogen-bond acceptors (Lipinski definition) is 4. The molecule has 3 unspecified atom stereocenters. The fourth-order valence-electron chi connectivity index (χ4n) is 2.75. The van der Waals surface area contributed by atoms with E-state index in [9.17, 15) is 4.79 Å². The molecule has 1 aliphatic heterocycles. The SMILES string of the molecule is CCC(COC)N1C(=O)C(C(C)C)NC1c1ccsc1. The molecule has 1 N–H and O–H groups in total. The molecule has 3 atom stereocenters. The monoisotopic (exact) mass is 296 g/mol. The summed E-state index contributed by atoms with van der Waals surface area (Å²) < 4.78 is 5.30. The van der Waals surface area contributed by atoms with Gasteiger partial charge in [-0.15, -0.1) is 0 Å². The summed E-state index contributed by atoms with van der Waals surface area (Å²) in [5.41, 5.74) is 1.17. The van der Waals surface area contributed by atoms with Crippen LogP contribution in [0.2, 0.25) is 0 Å². The Morgan fingerprint density at radius 1 is 1.50 bits per heavy atom. The van der Waals surface area contributed by atoms with Crippen LogP contribution < -0.4 is 5.32 Å². The molecule has 20 heavy (non-hydrogen) atoms.